The molecule has 1 aliphatic rings. The molecule has 1 aromatic carbocycles. The number of nitrogens with zero attached hydrogens (tertiary/aromatic N) is 2. The lowest BCUT2D eigenvalue weighted by molar-refractivity contribution is -0.276. The molecule has 2 N–H and O–H groups in total. The van der Waals surface area contributed by atoms with Crippen LogP contribution < -0.4 is 10.6 Å². The van der Waals surface area contributed by atoms with Gasteiger partial charge in [0.2, 0.25) is 5.91 Å². The second kappa shape index (κ2) is 11.5. The first-order valence-electron chi connectivity index (χ1n) is 12.0. The summed E-state index contributed by atoms with van der Waals surface area (Å²) in [6, 6.07) is 7.24. The lowest BCUT2D eigenvalue weighted by atomic mass is 9.87. The summed E-state index contributed by atoms with van der Waals surface area (Å²) in [5.41, 5.74) is -5.15. The first kappa shape index (κ1) is 31.7. The predicted molar refractivity (Wildman–Crippen MR) is 135 cm³/mol. The summed E-state index contributed by atoms with van der Waals surface area (Å²) in [7, 11) is 0. The second-order valence-electron chi connectivity index (χ2n) is 9.25. The van der Waals surface area contributed by atoms with Crippen LogP contribution in [0.4, 0.5) is 39.5 Å². The summed E-state index contributed by atoms with van der Waals surface area (Å²) >= 11 is 5.70. The Bertz CT molecular complexity index is 1610. The largest absolute Gasteiger partial charge is 0.435 e. The summed E-state index contributed by atoms with van der Waals surface area (Å²) in [5.74, 6) is -1.86. The molecule has 0 fully saturated rings. The number of pyridine rings is 1. The molecule has 43 heavy (non-hydrogen) atoms. The Kier molecular flexibility index (Phi) is 8.46. The SMILES string of the molecule is O=C(CNC(=O)c1ccc(C=CC2=NOC(c3cc(Cl)cc(C(F)(F)F)c3)(C(F)(F)F)C2)n2cccc12)NCC(F)(F)F. The Morgan fingerprint density at radius 1 is 1.00 bits per heavy atom. The van der Waals surface area contributed by atoms with Gasteiger partial charge in [0.05, 0.1) is 28.9 Å². The number of hydrogen-bond donors (Lipinski definition) is 2. The Hall–Kier alpha value is -4.21. The van der Waals surface area contributed by atoms with Crippen LogP contribution in [0.1, 0.15) is 33.6 Å². The van der Waals surface area contributed by atoms with Crippen molar-refractivity contribution < 1.29 is 53.9 Å². The van der Waals surface area contributed by atoms with Crippen molar-refractivity contribution in [2.45, 2.75) is 30.6 Å². The number of carbonyl (C=O) groups is 2. The monoisotopic (exact) mass is 640 g/mol. The smallest absolute Gasteiger partial charge is 0.374 e. The zero-order chi connectivity index (χ0) is 31.8. The van der Waals surface area contributed by atoms with Crippen LogP contribution in [0, 0.1) is 0 Å². The number of fused-ring (bicyclic) bond motifs is 1. The van der Waals surface area contributed by atoms with Crippen molar-refractivity contribution in [1.29, 1.82) is 0 Å². The third-order valence-electron chi connectivity index (χ3n) is 6.21. The Morgan fingerprint density at radius 3 is 2.37 bits per heavy atom. The van der Waals surface area contributed by atoms with E-state index < -0.39 is 71.6 Å². The van der Waals surface area contributed by atoms with Crippen molar-refractivity contribution >= 4 is 40.7 Å². The minimum absolute atomic E-state index is 0.0322. The number of oxime groups is 1. The van der Waals surface area contributed by atoms with Gasteiger partial charge < -0.3 is 19.9 Å². The molecular weight excluding hydrogens is 623 g/mol. The number of allylic oxidation sites excluding steroid dienone is 1. The van der Waals surface area contributed by atoms with Gasteiger partial charge in [-0.1, -0.05) is 16.8 Å². The molecule has 2 amide bonds. The Labute approximate surface area is 240 Å². The minimum atomic E-state index is -5.19. The van der Waals surface area contributed by atoms with E-state index in [1.165, 1.54) is 40.9 Å². The first-order valence-corrected chi connectivity index (χ1v) is 12.4. The number of aromatic nitrogens is 1. The molecule has 17 heteroatoms. The fourth-order valence-corrected chi connectivity index (χ4v) is 4.42. The van der Waals surface area contributed by atoms with E-state index in [-0.39, 0.29) is 16.8 Å². The number of amides is 2. The average Bonchev–Trinajstić information content (AvgIpc) is 3.56. The van der Waals surface area contributed by atoms with Gasteiger partial charge in [0.1, 0.15) is 6.54 Å². The van der Waals surface area contributed by atoms with E-state index in [1.54, 1.807) is 5.32 Å². The van der Waals surface area contributed by atoms with Crippen LogP contribution in [-0.2, 0) is 21.4 Å². The molecule has 1 aliphatic heterocycles. The Balaban J connectivity index is 1.53. The van der Waals surface area contributed by atoms with Crippen molar-refractivity contribution in [1.82, 2.24) is 15.0 Å². The van der Waals surface area contributed by atoms with E-state index in [0.717, 1.165) is 12.1 Å². The molecule has 1 atom stereocenters. The van der Waals surface area contributed by atoms with Crippen LogP contribution in [-0.4, -0.2) is 47.4 Å². The molecule has 0 saturated carbocycles. The maximum absolute atomic E-state index is 14.2. The van der Waals surface area contributed by atoms with Gasteiger partial charge in [0.15, 0.2) is 0 Å². The van der Waals surface area contributed by atoms with Gasteiger partial charge in [0, 0.05) is 28.9 Å². The number of halogens is 10. The molecule has 7 nitrogen and oxygen atoms in total. The summed E-state index contributed by atoms with van der Waals surface area (Å²) in [6.07, 6.45) is -11.8. The van der Waals surface area contributed by atoms with E-state index in [9.17, 15) is 49.1 Å². The minimum Gasteiger partial charge on any atom is -0.374 e. The van der Waals surface area contributed by atoms with Gasteiger partial charge in [-0.25, -0.2) is 0 Å². The first-order chi connectivity index (χ1) is 19.9. The van der Waals surface area contributed by atoms with E-state index in [2.05, 4.69) is 10.5 Å². The molecular formula is C26H18ClF9N4O3. The number of nitrogens with one attached hydrogen (secondary N) is 2. The normalized spacial score (nSPS) is 17.7. The summed E-state index contributed by atoms with van der Waals surface area (Å²) in [4.78, 5) is 28.9. The maximum atomic E-state index is 14.2. The highest BCUT2D eigenvalue weighted by Crippen LogP contribution is 2.49. The zero-order valence-electron chi connectivity index (χ0n) is 21.3. The lowest BCUT2D eigenvalue weighted by Gasteiger charge is -2.30. The molecule has 2 aromatic heterocycles. The van der Waals surface area contributed by atoms with Gasteiger partial charge in [-0.3, -0.25) is 9.59 Å². The van der Waals surface area contributed by atoms with Crippen molar-refractivity contribution in [3.8, 4) is 0 Å². The van der Waals surface area contributed by atoms with Crippen LogP contribution in [0.3, 0.4) is 0 Å². The van der Waals surface area contributed by atoms with Gasteiger partial charge in [-0.05, 0) is 54.6 Å². The highest BCUT2D eigenvalue weighted by Gasteiger charge is 2.62. The van der Waals surface area contributed by atoms with Crippen molar-refractivity contribution in [2.24, 2.45) is 5.16 Å². The van der Waals surface area contributed by atoms with Crippen molar-refractivity contribution in [3.05, 3.63) is 82.1 Å². The van der Waals surface area contributed by atoms with E-state index >= 15 is 0 Å². The zero-order valence-corrected chi connectivity index (χ0v) is 22.0. The second-order valence-corrected chi connectivity index (χ2v) is 9.68. The molecule has 3 aromatic rings. The van der Waals surface area contributed by atoms with E-state index in [0.29, 0.717) is 17.8 Å². The summed E-state index contributed by atoms with van der Waals surface area (Å²) in [6.45, 7) is -2.30. The molecule has 0 saturated heterocycles. The standard InChI is InChI=1S/C26H18ClF9N4O3/c27-16-9-14(8-15(10-16)25(31,32)33)23(26(34,35)36)11-17(39-43-23)3-4-18-5-6-19(20-2-1-7-40(18)20)22(42)37-12-21(41)38-13-24(28,29)30/h1-10H,11-13H2,(H,37,42)(H,38,41). The molecule has 0 spiro atoms. The average molecular weight is 641 g/mol. The quantitative estimate of drug-likeness (QED) is 0.299. The summed E-state index contributed by atoms with van der Waals surface area (Å²) in [5, 5.41) is 6.68. The molecule has 230 valence electrons. The fraction of sp³-hybridized carbons (Fsp3) is 0.269. The highest BCUT2D eigenvalue weighted by molar-refractivity contribution is 6.30. The highest BCUT2D eigenvalue weighted by atomic mass is 35.5. The third kappa shape index (κ3) is 7.06. The predicted octanol–water partition coefficient (Wildman–Crippen LogP) is 6.27. The van der Waals surface area contributed by atoms with Crippen LogP contribution in [0.5, 0.6) is 0 Å². The van der Waals surface area contributed by atoms with Crippen LogP contribution in [0.15, 0.2) is 59.9 Å². The molecule has 0 bridgehead atoms. The number of alkyl halides is 9. The topological polar surface area (TPSA) is 84.2 Å². The number of rotatable bonds is 7. The van der Waals surface area contributed by atoms with Crippen molar-refractivity contribution in [2.75, 3.05) is 13.1 Å². The van der Waals surface area contributed by atoms with Crippen LogP contribution in [0.25, 0.3) is 11.6 Å². The molecule has 0 aliphatic carbocycles. The van der Waals surface area contributed by atoms with Crippen molar-refractivity contribution in [3.63, 3.8) is 0 Å². The molecule has 3 heterocycles. The van der Waals surface area contributed by atoms with E-state index in [4.69, 9.17) is 16.4 Å². The van der Waals surface area contributed by atoms with E-state index in [1.807, 2.05) is 0 Å². The molecule has 4 rings (SSSR count). The van der Waals surface area contributed by atoms with Gasteiger partial charge >= 0.3 is 18.5 Å². The fourth-order valence-electron chi connectivity index (χ4n) is 4.19. The van der Waals surface area contributed by atoms with Crippen LogP contribution >= 0.6 is 11.6 Å². The molecule has 1 unspecified atom stereocenters. The van der Waals surface area contributed by atoms with Crippen LogP contribution in [0.2, 0.25) is 5.02 Å². The van der Waals surface area contributed by atoms with Gasteiger partial charge in [0.25, 0.3) is 11.5 Å². The lowest BCUT2D eigenvalue weighted by Crippen LogP contribution is -2.42. The number of hydrogen-bond acceptors (Lipinski definition) is 4. The maximum Gasteiger partial charge on any atom is 0.435 e. The number of benzene rings is 1. The third-order valence-corrected chi connectivity index (χ3v) is 6.43. The van der Waals surface area contributed by atoms with Gasteiger partial charge in [-0.2, -0.15) is 39.5 Å². The number of carbonyl (C=O) groups excluding carboxylic acids is 2. The molecule has 0 radical (unpaired) electrons. The summed E-state index contributed by atoms with van der Waals surface area (Å²) < 4.78 is 121. The Morgan fingerprint density at radius 2 is 1.72 bits per heavy atom. The van der Waals surface area contributed by atoms with Gasteiger partial charge in [-0.15, -0.1) is 0 Å².